The Balaban J connectivity index is 1.74. The fraction of sp³-hybridized carbons (Fsp3) is 0.200. The summed E-state index contributed by atoms with van der Waals surface area (Å²) in [5.41, 5.74) is 2.64. The molecule has 1 N–H and O–H groups in total. The monoisotopic (exact) mass is 496 g/mol. The van der Waals surface area contributed by atoms with Gasteiger partial charge in [0.25, 0.3) is 11.7 Å². The summed E-state index contributed by atoms with van der Waals surface area (Å²) in [4.78, 5) is 28.5. The molecule has 7 nitrogen and oxygen atoms in total. The van der Waals surface area contributed by atoms with Crippen LogP contribution in [0.25, 0.3) is 16.7 Å². The van der Waals surface area contributed by atoms with E-state index in [0.29, 0.717) is 22.7 Å². The zero-order valence-electron chi connectivity index (χ0n) is 21.1. The van der Waals surface area contributed by atoms with Gasteiger partial charge in [-0.25, -0.2) is 0 Å². The Labute approximate surface area is 215 Å². The molecular formula is C30H28N2O5. The lowest BCUT2D eigenvalue weighted by molar-refractivity contribution is -0.132. The molecule has 0 radical (unpaired) electrons. The van der Waals surface area contributed by atoms with Crippen molar-refractivity contribution in [2.24, 2.45) is 7.05 Å². The summed E-state index contributed by atoms with van der Waals surface area (Å²) >= 11 is 0. The van der Waals surface area contributed by atoms with Crippen LogP contribution in [0.15, 0.2) is 84.6 Å². The molecule has 188 valence electrons. The molecule has 3 aromatic carbocycles. The number of fused-ring (bicyclic) bond motifs is 1. The van der Waals surface area contributed by atoms with Crippen molar-refractivity contribution in [1.82, 2.24) is 4.57 Å². The van der Waals surface area contributed by atoms with Crippen molar-refractivity contribution >= 4 is 34.0 Å². The molecule has 1 fully saturated rings. The van der Waals surface area contributed by atoms with Crippen LogP contribution in [-0.4, -0.2) is 34.6 Å². The van der Waals surface area contributed by atoms with Gasteiger partial charge in [0.2, 0.25) is 0 Å². The minimum absolute atomic E-state index is 0.0267. The number of aromatic nitrogens is 1. The van der Waals surface area contributed by atoms with Crippen LogP contribution in [0, 0.1) is 0 Å². The van der Waals surface area contributed by atoms with Crippen molar-refractivity contribution in [2.45, 2.75) is 26.0 Å². The summed E-state index contributed by atoms with van der Waals surface area (Å²) < 4.78 is 13.0. The van der Waals surface area contributed by atoms with E-state index in [9.17, 15) is 14.7 Å². The molecule has 0 aliphatic carbocycles. The number of carbonyl (C=O) groups excluding carboxylic acids is 2. The molecule has 1 unspecified atom stereocenters. The second-order valence-corrected chi connectivity index (χ2v) is 9.27. The number of anilines is 1. The Hall–Kier alpha value is -4.52. The predicted molar refractivity (Wildman–Crippen MR) is 143 cm³/mol. The molecule has 4 aromatic rings. The molecule has 1 aliphatic rings. The lowest BCUT2D eigenvalue weighted by atomic mass is 9.94. The van der Waals surface area contributed by atoms with Gasteiger partial charge < -0.3 is 19.1 Å². The number of amides is 1. The summed E-state index contributed by atoms with van der Waals surface area (Å²) in [6.07, 6.45) is 1.84. The van der Waals surface area contributed by atoms with E-state index in [-0.39, 0.29) is 17.4 Å². The SMILES string of the molecule is COc1ccc(N2C(=O)C(=O)/C(=C(/O)c3cccc(OC(C)C)c3)C2c2cn(C)c3ccccc23)cc1. The number of carbonyl (C=O) groups is 2. The zero-order valence-corrected chi connectivity index (χ0v) is 21.1. The molecule has 1 atom stereocenters. The fourth-order valence-electron chi connectivity index (χ4n) is 4.87. The Morgan fingerprint density at radius 1 is 0.946 bits per heavy atom. The summed E-state index contributed by atoms with van der Waals surface area (Å²) in [6, 6.07) is 20.8. The van der Waals surface area contributed by atoms with Crippen molar-refractivity contribution in [2.75, 3.05) is 12.0 Å². The smallest absolute Gasteiger partial charge is 0.300 e. The highest BCUT2D eigenvalue weighted by atomic mass is 16.5. The van der Waals surface area contributed by atoms with Crippen molar-refractivity contribution in [3.05, 3.63) is 95.7 Å². The molecule has 1 aromatic heterocycles. The standard InChI is InChI=1S/C30H28N2O5/c1-18(2)37-22-9-7-8-19(16-22)28(33)26-27(24-17-31(3)25-11-6-5-10-23(24)25)32(30(35)29(26)34)20-12-14-21(36-4)15-13-20/h5-18,27,33H,1-4H3/b28-26+. The van der Waals surface area contributed by atoms with E-state index in [0.717, 1.165) is 16.5 Å². The summed E-state index contributed by atoms with van der Waals surface area (Å²) in [5, 5.41) is 12.4. The molecule has 0 spiro atoms. The average molecular weight is 497 g/mol. The average Bonchev–Trinajstić information content (AvgIpc) is 3.36. The van der Waals surface area contributed by atoms with Crippen LogP contribution < -0.4 is 14.4 Å². The molecule has 1 amide bonds. The topological polar surface area (TPSA) is 81.0 Å². The molecule has 1 saturated heterocycles. The van der Waals surface area contributed by atoms with Gasteiger partial charge in [0.1, 0.15) is 17.3 Å². The highest BCUT2D eigenvalue weighted by molar-refractivity contribution is 6.51. The summed E-state index contributed by atoms with van der Waals surface area (Å²) in [5.74, 6) is -0.517. The first-order valence-electron chi connectivity index (χ1n) is 12.1. The Bertz CT molecular complexity index is 1530. The first-order chi connectivity index (χ1) is 17.8. The van der Waals surface area contributed by atoms with Gasteiger partial charge in [-0.1, -0.05) is 30.3 Å². The third-order valence-electron chi connectivity index (χ3n) is 6.50. The number of hydrogen-bond donors (Lipinski definition) is 1. The number of aliphatic hydroxyl groups excluding tert-OH is 1. The van der Waals surface area contributed by atoms with E-state index < -0.39 is 17.7 Å². The van der Waals surface area contributed by atoms with E-state index in [4.69, 9.17) is 9.47 Å². The Kier molecular flexibility index (Phi) is 6.21. The number of benzene rings is 3. The lowest BCUT2D eigenvalue weighted by Crippen LogP contribution is -2.29. The van der Waals surface area contributed by atoms with Crippen LogP contribution >= 0.6 is 0 Å². The summed E-state index contributed by atoms with van der Waals surface area (Å²) in [7, 11) is 3.48. The highest BCUT2D eigenvalue weighted by Gasteiger charge is 2.47. The molecule has 1 aliphatic heterocycles. The van der Waals surface area contributed by atoms with Gasteiger partial charge in [0, 0.05) is 41.0 Å². The number of rotatable bonds is 6. The van der Waals surface area contributed by atoms with E-state index >= 15 is 0 Å². The molecular weight excluding hydrogens is 468 g/mol. The third-order valence-corrected chi connectivity index (χ3v) is 6.50. The van der Waals surface area contributed by atoms with E-state index in [1.807, 2.05) is 55.9 Å². The van der Waals surface area contributed by atoms with Gasteiger partial charge in [-0.15, -0.1) is 0 Å². The maximum Gasteiger partial charge on any atom is 0.300 e. The molecule has 7 heteroatoms. The number of ketones is 1. The first kappa shape index (κ1) is 24.2. The van der Waals surface area contributed by atoms with Gasteiger partial charge in [-0.2, -0.15) is 0 Å². The van der Waals surface area contributed by atoms with Crippen LogP contribution in [0.2, 0.25) is 0 Å². The normalized spacial score (nSPS) is 17.1. The molecule has 0 bridgehead atoms. The van der Waals surface area contributed by atoms with E-state index in [1.165, 1.54) is 4.90 Å². The van der Waals surface area contributed by atoms with Gasteiger partial charge in [-0.3, -0.25) is 14.5 Å². The van der Waals surface area contributed by atoms with Crippen molar-refractivity contribution < 1.29 is 24.2 Å². The van der Waals surface area contributed by atoms with E-state index in [1.54, 1.807) is 55.6 Å². The van der Waals surface area contributed by atoms with Crippen molar-refractivity contribution in [3.63, 3.8) is 0 Å². The van der Waals surface area contributed by atoms with Crippen LogP contribution in [0.4, 0.5) is 5.69 Å². The fourth-order valence-corrected chi connectivity index (χ4v) is 4.87. The molecule has 5 rings (SSSR count). The van der Waals surface area contributed by atoms with Crippen LogP contribution in [0.5, 0.6) is 11.5 Å². The van der Waals surface area contributed by atoms with Crippen LogP contribution in [-0.2, 0) is 16.6 Å². The number of aryl methyl sites for hydroxylation is 1. The third kappa shape index (κ3) is 4.22. The van der Waals surface area contributed by atoms with Gasteiger partial charge in [0.15, 0.2) is 0 Å². The van der Waals surface area contributed by atoms with Gasteiger partial charge in [-0.05, 0) is 56.3 Å². The van der Waals surface area contributed by atoms with E-state index in [2.05, 4.69) is 0 Å². The summed E-state index contributed by atoms with van der Waals surface area (Å²) in [6.45, 7) is 3.82. The van der Waals surface area contributed by atoms with Crippen LogP contribution in [0.1, 0.15) is 31.0 Å². The predicted octanol–water partition coefficient (Wildman–Crippen LogP) is 5.60. The van der Waals surface area contributed by atoms with Crippen molar-refractivity contribution in [3.8, 4) is 11.5 Å². The van der Waals surface area contributed by atoms with Gasteiger partial charge in [0.05, 0.1) is 24.8 Å². The number of aliphatic hydroxyl groups is 1. The van der Waals surface area contributed by atoms with Crippen molar-refractivity contribution in [1.29, 1.82) is 0 Å². The molecule has 37 heavy (non-hydrogen) atoms. The molecule has 2 heterocycles. The van der Waals surface area contributed by atoms with Crippen LogP contribution in [0.3, 0.4) is 0 Å². The number of ether oxygens (including phenoxy) is 2. The Morgan fingerprint density at radius 3 is 2.38 bits per heavy atom. The minimum Gasteiger partial charge on any atom is -0.507 e. The number of Topliss-reactive ketones (excluding diaryl/α,β-unsaturated/α-hetero) is 1. The maximum atomic E-state index is 13.5. The molecule has 0 saturated carbocycles. The maximum absolute atomic E-state index is 13.5. The Morgan fingerprint density at radius 2 is 1.68 bits per heavy atom. The minimum atomic E-state index is -0.839. The largest absolute Gasteiger partial charge is 0.507 e. The number of hydrogen-bond acceptors (Lipinski definition) is 5. The first-order valence-corrected chi connectivity index (χ1v) is 12.1. The number of methoxy groups -OCH3 is 1. The second kappa shape index (κ2) is 9.50. The quantitative estimate of drug-likeness (QED) is 0.214. The van der Waals surface area contributed by atoms with Gasteiger partial charge >= 0.3 is 0 Å². The lowest BCUT2D eigenvalue weighted by Gasteiger charge is -2.25. The number of nitrogens with zero attached hydrogens (tertiary/aromatic N) is 2. The highest BCUT2D eigenvalue weighted by Crippen LogP contribution is 2.45. The zero-order chi connectivity index (χ0) is 26.3. The second-order valence-electron chi connectivity index (χ2n) is 9.27. The number of para-hydroxylation sites is 1.